The Kier molecular flexibility index (Phi) is 6.83. The zero-order valence-electron chi connectivity index (χ0n) is 16.8. The topological polar surface area (TPSA) is 51.2 Å². The first kappa shape index (κ1) is 19.8. The average Bonchev–Trinajstić information content (AvgIpc) is 3.01. The lowest BCUT2D eigenvalue weighted by Crippen LogP contribution is -2.50. The summed E-state index contributed by atoms with van der Waals surface area (Å²) in [6.07, 6.45) is 7.42. The number of carbonyl (C=O) groups is 1. The van der Waals surface area contributed by atoms with Crippen LogP contribution in [0.15, 0.2) is 12.1 Å². The number of ether oxygens (including phenoxy) is 3. The third kappa shape index (κ3) is 4.32. The highest BCUT2D eigenvalue weighted by atomic mass is 16.5. The SMILES string of the molecule is COc1ccc(C(=O)N2CCCC(N3CCCCCC3)C2)c(OC)c1OC. The van der Waals surface area contributed by atoms with Crippen LogP contribution in [0.2, 0.25) is 0 Å². The number of hydrogen-bond acceptors (Lipinski definition) is 5. The molecule has 1 amide bonds. The van der Waals surface area contributed by atoms with Crippen LogP contribution in [-0.4, -0.2) is 69.3 Å². The molecule has 0 bridgehead atoms. The van der Waals surface area contributed by atoms with Gasteiger partial charge in [0, 0.05) is 19.1 Å². The van der Waals surface area contributed by atoms with Crippen LogP contribution in [0.5, 0.6) is 17.2 Å². The highest BCUT2D eigenvalue weighted by Crippen LogP contribution is 2.40. The van der Waals surface area contributed by atoms with Gasteiger partial charge in [-0.25, -0.2) is 0 Å². The molecule has 3 rings (SSSR count). The van der Waals surface area contributed by atoms with Crippen molar-refractivity contribution in [2.24, 2.45) is 0 Å². The van der Waals surface area contributed by atoms with E-state index in [-0.39, 0.29) is 5.91 Å². The molecule has 2 heterocycles. The van der Waals surface area contributed by atoms with Crippen molar-refractivity contribution in [3.63, 3.8) is 0 Å². The Balaban J connectivity index is 1.78. The van der Waals surface area contributed by atoms with Crippen molar-refractivity contribution in [3.05, 3.63) is 17.7 Å². The first-order chi connectivity index (χ1) is 13.2. The first-order valence-corrected chi connectivity index (χ1v) is 10.0. The van der Waals surface area contributed by atoms with Crippen molar-refractivity contribution in [1.29, 1.82) is 0 Å². The number of rotatable bonds is 5. The van der Waals surface area contributed by atoms with E-state index in [1.54, 1.807) is 33.5 Å². The minimum atomic E-state index is 0.00678. The molecule has 2 saturated heterocycles. The molecule has 1 aromatic rings. The Morgan fingerprint density at radius 1 is 0.889 bits per heavy atom. The molecule has 0 aliphatic carbocycles. The van der Waals surface area contributed by atoms with Gasteiger partial charge in [-0.15, -0.1) is 0 Å². The fourth-order valence-electron chi connectivity index (χ4n) is 4.34. The van der Waals surface area contributed by atoms with Crippen LogP contribution in [-0.2, 0) is 0 Å². The molecule has 1 unspecified atom stereocenters. The molecular weight excluding hydrogens is 344 g/mol. The lowest BCUT2D eigenvalue weighted by molar-refractivity contribution is 0.0575. The summed E-state index contributed by atoms with van der Waals surface area (Å²) in [5.74, 6) is 1.48. The lowest BCUT2D eigenvalue weighted by atomic mass is 10.0. The van der Waals surface area contributed by atoms with Crippen LogP contribution in [0.1, 0.15) is 48.9 Å². The molecule has 1 aromatic carbocycles. The maximum atomic E-state index is 13.3. The van der Waals surface area contributed by atoms with Gasteiger partial charge in [-0.2, -0.15) is 0 Å². The van der Waals surface area contributed by atoms with E-state index in [4.69, 9.17) is 14.2 Å². The van der Waals surface area contributed by atoms with Gasteiger partial charge < -0.3 is 19.1 Å². The zero-order valence-corrected chi connectivity index (χ0v) is 16.8. The molecule has 0 N–H and O–H groups in total. The van der Waals surface area contributed by atoms with Crippen LogP contribution in [0, 0.1) is 0 Å². The van der Waals surface area contributed by atoms with E-state index in [0.717, 1.165) is 32.6 Å². The van der Waals surface area contributed by atoms with Crippen molar-refractivity contribution in [2.45, 2.75) is 44.6 Å². The summed E-state index contributed by atoms with van der Waals surface area (Å²) < 4.78 is 16.3. The fraction of sp³-hybridized carbons (Fsp3) is 0.667. The van der Waals surface area contributed by atoms with Crippen molar-refractivity contribution in [3.8, 4) is 17.2 Å². The molecule has 2 fully saturated rings. The highest BCUT2D eigenvalue weighted by molar-refractivity contribution is 5.98. The molecule has 0 radical (unpaired) electrons. The molecule has 6 nitrogen and oxygen atoms in total. The van der Waals surface area contributed by atoms with Crippen LogP contribution in [0.4, 0.5) is 0 Å². The normalized spacial score (nSPS) is 21.4. The van der Waals surface area contributed by atoms with E-state index in [2.05, 4.69) is 4.90 Å². The Morgan fingerprint density at radius 3 is 2.22 bits per heavy atom. The molecule has 150 valence electrons. The van der Waals surface area contributed by atoms with Crippen LogP contribution < -0.4 is 14.2 Å². The second-order valence-corrected chi connectivity index (χ2v) is 7.38. The number of nitrogens with zero attached hydrogens (tertiary/aromatic N) is 2. The average molecular weight is 376 g/mol. The standard InChI is InChI=1S/C21H32N2O4/c1-25-18-11-10-17(19(26-2)20(18)27-3)21(24)23-14-8-9-16(15-23)22-12-6-4-5-7-13-22/h10-11,16H,4-9,12-15H2,1-3H3. The number of piperidine rings is 1. The largest absolute Gasteiger partial charge is 0.493 e. The number of amides is 1. The predicted molar refractivity (Wildman–Crippen MR) is 105 cm³/mol. The maximum Gasteiger partial charge on any atom is 0.257 e. The second kappa shape index (κ2) is 9.31. The third-order valence-corrected chi connectivity index (χ3v) is 5.78. The van der Waals surface area contributed by atoms with Crippen LogP contribution >= 0.6 is 0 Å². The number of carbonyl (C=O) groups excluding carboxylic acids is 1. The number of hydrogen-bond donors (Lipinski definition) is 0. The first-order valence-electron chi connectivity index (χ1n) is 10.0. The molecular formula is C21H32N2O4. The minimum absolute atomic E-state index is 0.00678. The molecule has 1 atom stereocenters. The van der Waals surface area contributed by atoms with E-state index >= 15 is 0 Å². The van der Waals surface area contributed by atoms with Gasteiger partial charge in [0.2, 0.25) is 5.75 Å². The smallest absolute Gasteiger partial charge is 0.257 e. The van der Waals surface area contributed by atoms with Gasteiger partial charge in [-0.1, -0.05) is 12.8 Å². The summed E-state index contributed by atoms with van der Waals surface area (Å²) in [5.41, 5.74) is 0.534. The Bertz CT molecular complexity index is 641. The van der Waals surface area contributed by atoms with Gasteiger partial charge in [0.25, 0.3) is 5.91 Å². The quantitative estimate of drug-likeness (QED) is 0.790. The molecule has 0 saturated carbocycles. The monoisotopic (exact) mass is 376 g/mol. The van der Waals surface area contributed by atoms with Gasteiger partial charge in [0.1, 0.15) is 0 Å². The van der Waals surface area contributed by atoms with E-state index < -0.39 is 0 Å². The summed E-state index contributed by atoms with van der Waals surface area (Å²) in [4.78, 5) is 17.8. The molecule has 2 aliphatic rings. The van der Waals surface area contributed by atoms with Gasteiger partial charge in [0.15, 0.2) is 11.5 Å². The van der Waals surface area contributed by atoms with Crippen molar-refractivity contribution >= 4 is 5.91 Å². The van der Waals surface area contributed by atoms with Crippen molar-refractivity contribution < 1.29 is 19.0 Å². The lowest BCUT2D eigenvalue weighted by Gasteiger charge is -2.39. The van der Waals surface area contributed by atoms with E-state index in [1.807, 2.05) is 4.90 Å². The summed E-state index contributed by atoms with van der Waals surface area (Å²) >= 11 is 0. The van der Waals surface area contributed by atoms with Gasteiger partial charge in [0.05, 0.1) is 26.9 Å². The maximum absolute atomic E-state index is 13.3. The summed E-state index contributed by atoms with van der Waals surface area (Å²) in [7, 11) is 4.70. The highest BCUT2D eigenvalue weighted by Gasteiger charge is 2.31. The molecule has 0 aromatic heterocycles. The minimum Gasteiger partial charge on any atom is -0.493 e. The van der Waals surface area contributed by atoms with Crippen LogP contribution in [0.3, 0.4) is 0 Å². The second-order valence-electron chi connectivity index (χ2n) is 7.38. The van der Waals surface area contributed by atoms with E-state index in [0.29, 0.717) is 28.9 Å². The third-order valence-electron chi connectivity index (χ3n) is 5.78. The van der Waals surface area contributed by atoms with Crippen LogP contribution in [0.25, 0.3) is 0 Å². The number of benzene rings is 1. The molecule has 0 spiro atoms. The Hall–Kier alpha value is -1.95. The predicted octanol–water partition coefficient (Wildman–Crippen LogP) is 3.19. The van der Waals surface area contributed by atoms with E-state index in [1.165, 1.54) is 32.1 Å². The summed E-state index contributed by atoms with van der Waals surface area (Å²) in [6, 6.07) is 4.01. The fourth-order valence-corrected chi connectivity index (χ4v) is 4.34. The Labute approximate surface area is 162 Å². The summed E-state index contributed by atoms with van der Waals surface area (Å²) in [6.45, 7) is 3.90. The van der Waals surface area contributed by atoms with Gasteiger partial charge in [-0.05, 0) is 50.9 Å². The van der Waals surface area contributed by atoms with Gasteiger partial charge in [-0.3, -0.25) is 9.69 Å². The summed E-state index contributed by atoms with van der Waals surface area (Å²) in [5, 5.41) is 0. The molecule has 2 aliphatic heterocycles. The zero-order chi connectivity index (χ0) is 19.2. The van der Waals surface area contributed by atoms with Gasteiger partial charge >= 0.3 is 0 Å². The molecule has 6 heteroatoms. The number of likely N-dealkylation sites (tertiary alicyclic amines) is 2. The number of methoxy groups -OCH3 is 3. The molecule has 27 heavy (non-hydrogen) atoms. The van der Waals surface area contributed by atoms with Crippen molar-refractivity contribution in [2.75, 3.05) is 47.5 Å². The Morgan fingerprint density at radius 2 is 1.59 bits per heavy atom. The van der Waals surface area contributed by atoms with Crippen molar-refractivity contribution in [1.82, 2.24) is 9.80 Å². The van der Waals surface area contributed by atoms with E-state index in [9.17, 15) is 4.79 Å².